The Morgan fingerprint density at radius 1 is 1.25 bits per heavy atom. The van der Waals surface area contributed by atoms with Crippen LogP contribution in [0.15, 0.2) is 24.3 Å². The van der Waals surface area contributed by atoms with E-state index in [1.807, 2.05) is 0 Å². The number of hydrogen-bond donors (Lipinski definition) is 0. The molecule has 1 rings (SSSR count). The van der Waals surface area contributed by atoms with E-state index < -0.39 is 0 Å². The molecule has 0 radical (unpaired) electrons. The summed E-state index contributed by atoms with van der Waals surface area (Å²) in [5, 5.41) is 1.56. The number of hydrogen-bond acceptors (Lipinski definition) is 0. The monoisotopic (exact) mass is 198 g/mol. The molecule has 66 valence electrons. The first kappa shape index (κ1) is 10.2. The van der Waals surface area contributed by atoms with Gasteiger partial charge in [0.2, 0.25) is 0 Å². The maximum absolute atomic E-state index is 2.26. The third-order valence-electron chi connectivity index (χ3n) is 1.74. The molecule has 0 saturated carbocycles. The Morgan fingerprint density at radius 3 is 2.67 bits per heavy atom. The van der Waals surface area contributed by atoms with Gasteiger partial charge in [-0.1, -0.05) is 54.1 Å². The fourth-order valence-electron chi connectivity index (χ4n) is 0.996. The largest absolute Gasteiger partial charge is 0.0946 e. The molecule has 0 aliphatic heterocycles. The van der Waals surface area contributed by atoms with Crippen LogP contribution in [0.5, 0.6) is 0 Å². The lowest BCUT2D eigenvalue weighted by molar-refractivity contribution is 1.11. The van der Waals surface area contributed by atoms with Crippen molar-refractivity contribution in [2.24, 2.45) is 0 Å². The highest BCUT2D eigenvalue weighted by Gasteiger charge is 1.94. The summed E-state index contributed by atoms with van der Waals surface area (Å²) in [6.07, 6.45) is 2.73. The zero-order chi connectivity index (χ0) is 8.81. The van der Waals surface area contributed by atoms with Gasteiger partial charge < -0.3 is 0 Å². The molecule has 0 bridgehead atoms. The highest BCUT2D eigenvalue weighted by molar-refractivity contribution is 8.15. The molecule has 1 aromatic carbocycles. The lowest BCUT2D eigenvalue weighted by Gasteiger charge is -2.03. The second kappa shape index (κ2) is 5.68. The van der Waals surface area contributed by atoms with Gasteiger partial charge in [0.25, 0.3) is 0 Å². The minimum absolute atomic E-state index is 1.04. The van der Waals surface area contributed by atoms with Gasteiger partial charge >= 0.3 is 0 Å². The van der Waals surface area contributed by atoms with Gasteiger partial charge in [-0.25, -0.2) is 0 Å². The predicted molar refractivity (Wildman–Crippen MR) is 62.6 cm³/mol. The van der Waals surface area contributed by atoms with Gasteiger partial charge in [0.1, 0.15) is 0 Å². The average Bonchev–Trinajstić information content (AvgIpc) is 2.09. The minimum atomic E-state index is 1.04. The molecule has 0 aromatic heterocycles. The van der Waals surface area contributed by atoms with E-state index in [0.717, 1.165) is 16.5 Å². The van der Waals surface area contributed by atoms with Crippen LogP contribution in [0.2, 0.25) is 0 Å². The van der Waals surface area contributed by atoms with Crippen LogP contribution < -0.4 is 5.30 Å². The van der Waals surface area contributed by atoms with Gasteiger partial charge in [0, 0.05) is 0 Å². The standard InChI is InChI=1S/C10H16P2/c1-3-8-11-12-10-7-5-4-6-9(10)2/h4-7,11-12H,3,8H2,1-2H3. The van der Waals surface area contributed by atoms with E-state index in [-0.39, 0.29) is 0 Å². The summed E-state index contributed by atoms with van der Waals surface area (Å²) in [7, 11) is 2.17. The van der Waals surface area contributed by atoms with Crippen molar-refractivity contribution in [2.45, 2.75) is 20.3 Å². The minimum Gasteiger partial charge on any atom is -0.0946 e. The SMILES string of the molecule is CCCPPc1ccccc1C. The average molecular weight is 198 g/mol. The maximum Gasteiger partial charge on any atom is -0.0201 e. The zero-order valence-corrected chi connectivity index (χ0v) is 9.72. The van der Waals surface area contributed by atoms with Crippen molar-refractivity contribution in [2.75, 3.05) is 6.16 Å². The molecule has 2 heteroatoms. The Hall–Kier alpha value is 0.0800. The van der Waals surface area contributed by atoms with Gasteiger partial charge in [0.15, 0.2) is 0 Å². The topological polar surface area (TPSA) is 0 Å². The molecule has 0 fully saturated rings. The Balaban J connectivity index is 2.46. The lowest BCUT2D eigenvalue weighted by atomic mass is 10.2. The van der Waals surface area contributed by atoms with E-state index in [9.17, 15) is 0 Å². The molecule has 0 amide bonds. The van der Waals surface area contributed by atoms with Crippen molar-refractivity contribution >= 4 is 21.8 Å². The van der Waals surface area contributed by atoms with E-state index in [2.05, 4.69) is 38.1 Å². The van der Waals surface area contributed by atoms with Gasteiger partial charge in [-0.05, 0) is 24.0 Å². The van der Waals surface area contributed by atoms with Crippen LogP contribution in [-0.4, -0.2) is 6.16 Å². The van der Waals surface area contributed by atoms with Crippen LogP contribution in [0.1, 0.15) is 18.9 Å². The molecule has 12 heavy (non-hydrogen) atoms. The molecule has 0 heterocycles. The third kappa shape index (κ3) is 3.21. The molecule has 0 spiro atoms. The molecular formula is C10H16P2. The first-order valence-corrected chi connectivity index (χ1v) is 7.60. The van der Waals surface area contributed by atoms with Crippen LogP contribution in [0, 0.1) is 6.92 Å². The number of benzene rings is 1. The maximum atomic E-state index is 2.26. The summed E-state index contributed by atoms with van der Waals surface area (Å²) in [6, 6.07) is 8.73. The highest BCUT2D eigenvalue weighted by Crippen LogP contribution is 2.36. The van der Waals surface area contributed by atoms with Crippen molar-refractivity contribution in [1.82, 2.24) is 0 Å². The second-order valence-corrected chi connectivity index (χ2v) is 6.32. The second-order valence-electron chi connectivity index (χ2n) is 2.87. The zero-order valence-electron chi connectivity index (χ0n) is 7.72. The number of rotatable bonds is 4. The molecule has 0 aliphatic rings. The molecule has 1 aromatic rings. The highest BCUT2D eigenvalue weighted by atomic mass is 32.0. The summed E-state index contributed by atoms with van der Waals surface area (Å²) in [6.45, 7) is 4.47. The Bertz CT molecular complexity index is 233. The predicted octanol–water partition coefficient (Wildman–Crippen LogP) is 3.30. The Labute approximate surface area is 78.6 Å². The summed E-state index contributed by atoms with van der Waals surface area (Å²) in [4.78, 5) is 0. The molecule has 0 nitrogen and oxygen atoms in total. The van der Waals surface area contributed by atoms with Crippen LogP contribution >= 0.6 is 16.5 Å². The Kier molecular flexibility index (Phi) is 4.81. The van der Waals surface area contributed by atoms with Crippen LogP contribution in [0.4, 0.5) is 0 Å². The Morgan fingerprint density at radius 2 is 2.00 bits per heavy atom. The fraction of sp³-hybridized carbons (Fsp3) is 0.400. The first-order valence-electron chi connectivity index (χ1n) is 4.39. The van der Waals surface area contributed by atoms with Crippen LogP contribution in [0.25, 0.3) is 0 Å². The van der Waals surface area contributed by atoms with Gasteiger partial charge in [-0.2, -0.15) is 0 Å². The summed E-state index contributed by atoms with van der Waals surface area (Å²) in [5.74, 6) is 0. The van der Waals surface area contributed by atoms with Crippen molar-refractivity contribution in [3.63, 3.8) is 0 Å². The molecule has 2 atom stereocenters. The third-order valence-corrected chi connectivity index (χ3v) is 5.59. The fourth-order valence-corrected chi connectivity index (χ4v) is 4.56. The molecule has 0 saturated heterocycles. The van der Waals surface area contributed by atoms with Crippen molar-refractivity contribution < 1.29 is 0 Å². The molecule has 0 aliphatic carbocycles. The van der Waals surface area contributed by atoms with Crippen molar-refractivity contribution in [3.05, 3.63) is 29.8 Å². The molecule has 0 N–H and O–H groups in total. The van der Waals surface area contributed by atoms with Crippen LogP contribution in [-0.2, 0) is 0 Å². The quantitative estimate of drug-likeness (QED) is 0.514. The summed E-state index contributed by atoms with van der Waals surface area (Å²) < 4.78 is 0. The number of aryl methyl sites for hydroxylation is 1. The molecular weight excluding hydrogens is 182 g/mol. The first-order chi connectivity index (χ1) is 5.84. The summed E-state index contributed by atoms with van der Waals surface area (Å²) in [5.41, 5.74) is 1.46. The van der Waals surface area contributed by atoms with Crippen LogP contribution in [0.3, 0.4) is 0 Å². The van der Waals surface area contributed by atoms with E-state index >= 15 is 0 Å². The smallest absolute Gasteiger partial charge is 0.0201 e. The normalized spacial score (nSPS) is 12.2. The van der Waals surface area contributed by atoms with Crippen molar-refractivity contribution in [1.29, 1.82) is 0 Å². The van der Waals surface area contributed by atoms with E-state index in [1.165, 1.54) is 18.1 Å². The van der Waals surface area contributed by atoms with Gasteiger partial charge in [0.05, 0.1) is 0 Å². The van der Waals surface area contributed by atoms with Gasteiger partial charge in [-0.3, -0.25) is 0 Å². The van der Waals surface area contributed by atoms with E-state index in [4.69, 9.17) is 0 Å². The summed E-state index contributed by atoms with van der Waals surface area (Å²) >= 11 is 0. The van der Waals surface area contributed by atoms with Crippen molar-refractivity contribution in [3.8, 4) is 0 Å². The van der Waals surface area contributed by atoms with E-state index in [1.54, 1.807) is 5.30 Å². The lowest BCUT2D eigenvalue weighted by Crippen LogP contribution is -1.95. The van der Waals surface area contributed by atoms with Gasteiger partial charge in [-0.15, -0.1) is 0 Å². The molecule has 2 unspecified atom stereocenters. The van der Waals surface area contributed by atoms with E-state index in [0.29, 0.717) is 0 Å².